The van der Waals surface area contributed by atoms with Crippen LogP contribution in [0.25, 0.3) is 0 Å². The molecule has 0 atom stereocenters. The Kier molecular flexibility index (Phi) is 7.40. The van der Waals surface area contributed by atoms with Gasteiger partial charge in [-0.2, -0.15) is 0 Å². The Labute approximate surface area is 230 Å². The van der Waals surface area contributed by atoms with Crippen molar-refractivity contribution in [1.29, 1.82) is 0 Å². The maximum absolute atomic E-state index is 13.6. The molecule has 0 aliphatic carbocycles. The molecule has 5 rings (SSSR count). The van der Waals surface area contributed by atoms with Crippen molar-refractivity contribution in [2.45, 2.75) is 9.79 Å². The quantitative estimate of drug-likeness (QED) is 0.262. The summed E-state index contributed by atoms with van der Waals surface area (Å²) in [6.45, 7) is 0. The Balaban J connectivity index is 1.47. The summed E-state index contributed by atoms with van der Waals surface area (Å²) in [7, 11) is -2.24. The van der Waals surface area contributed by atoms with Gasteiger partial charge in [-0.1, -0.05) is 54.2 Å². The van der Waals surface area contributed by atoms with E-state index in [1.54, 1.807) is 104 Å². The molecule has 0 saturated carbocycles. The Morgan fingerprint density at radius 2 is 1.41 bits per heavy atom. The van der Waals surface area contributed by atoms with Gasteiger partial charge in [0.2, 0.25) is 0 Å². The van der Waals surface area contributed by atoms with Crippen molar-refractivity contribution in [3.63, 3.8) is 0 Å². The number of benzene rings is 4. The predicted octanol–water partition coefficient (Wildman–Crippen LogP) is 5.49. The van der Waals surface area contributed by atoms with Crippen LogP contribution in [-0.4, -0.2) is 27.3 Å². The fourth-order valence-electron chi connectivity index (χ4n) is 3.90. The second-order valence-electron chi connectivity index (χ2n) is 8.39. The molecule has 10 heteroatoms. The Morgan fingerprint density at radius 1 is 0.744 bits per heavy atom. The third-order valence-electron chi connectivity index (χ3n) is 5.77. The SMILES string of the molecule is COc1ccc(NC2=C(Sc3cccc(NS(=O)(=O)c4ccccc4)c3)C(=O)N(c3ccccc3)C2=O)cc1. The van der Waals surface area contributed by atoms with Crippen molar-refractivity contribution in [3.05, 3.63) is 120 Å². The summed E-state index contributed by atoms with van der Waals surface area (Å²) in [6, 6.07) is 30.3. The first-order valence-electron chi connectivity index (χ1n) is 11.8. The number of amides is 2. The molecule has 8 nitrogen and oxygen atoms in total. The smallest absolute Gasteiger partial charge is 0.283 e. The van der Waals surface area contributed by atoms with Crippen LogP contribution in [0.4, 0.5) is 17.1 Å². The molecule has 2 amide bonds. The number of ether oxygens (including phenoxy) is 1. The molecule has 0 spiro atoms. The van der Waals surface area contributed by atoms with Crippen molar-refractivity contribution < 1.29 is 22.7 Å². The van der Waals surface area contributed by atoms with Gasteiger partial charge in [-0.3, -0.25) is 14.3 Å². The zero-order valence-electron chi connectivity index (χ0n) is 20.7. The molecule has 0 aromatic heterocycles. The molecule has 196 valence electrons. The van der Waals surface area contributed by atoms with E-state index < -0.39 is 21.8 Å². The second-order valence-corrected chi connectivity index (χ2v) is 11.2. The van der Waals surface area contributed by atoms with E-state index in [0.717, 1.165) is 16.7 Å². The van der Waals surface area contributed by atoms with Crippen molar-refractivity contribution in [3.8, 4) is 5.75 Å². The lowest BCUT2D eigenvalue weighted by Gasteiger charge is -2.15. The summed E-state index contributed by atoms with van der Waals surface area (Å²) >= 11 is 1.08. The normalized spacial score (nSPS) is 13.5. The van der Waals surface area contributed by atoms with Crippen LogP contribution in [0, 0.1) is 0 Å². The zero-order valence-corrected chi connectivity index (χ0v) is 22.3. The fraction of sp³-hybridized carbons (Fsp3) is 0.0345. The van der Waals surface area contributed by atoms with E-state index in [4.69, 9.17) is 4.74 Å². The van der Waals surface area contributed by atoms with Crippen LogP contribution >= 0.6 is 11.8 Å². The molecule has 0 saturated heterocycles. The van der Waals surface area contributed by atoms with Crippen LogP contribution in [0.2, 0.25) is 0 Å². The van der Waals surface area contributed by atoms with E-state index >= 15 is 0 Å². The lowest BCUT2D eigenvalue weighted by molar-refractivity contribution is -0.120. The number of rotatable bonds is 9. The maximum atomic E-state index is 13.6. The van der Waals surface area contributed by atoms with Crippen LogP contribution in [0.3, 0.4) is 0 Å². The minimum absolute atomic E-state index is 0.120. The van der Waals surface area contributed by atoms with Crippen molar-refractivity contribution in [2.24, 2.45) is 0 Å². The van der Waals surface area contributed by atoms with Gasteiger partial charge in [-0.05, 0) is 66.7 Å². The number of hydrogen-bond acceptors (Lipinski definition) is 7. The molecule has 1 aliphatic rings. The van der Waals surface area contributed by atoms with E-state index in [0.29, 0.717) is 27.7 Å². The summed E-state index contributed by atoms with van der Waals surface area (Å²) in [5.41, 5.74) is 1.49. The molecular formula is C29H23N3O5S2. The van der Waals surface area contributed by atoms with Crippen molar-refractivity contribution in [1.82, 2.24) is 0 Å². The molecule has 0 fully saturated rings. The van der Waals surface area contributed by atoms with Gasteiger partial charge in [0.1, 0.15) is 16.4 Å². The highest BCUT2D eigenvalue weighted by molar-refractivity contribution is 8.04. The van der Waals surface area contributed by atoms with Crippen LogP contribution < -0.4 is 19.7 Å². The van der Waals surface area contributed by atoms with E-state index in [9.17, 15) is 18.0 Å². The monoisotopic (exact) mass is 557 g/mol. The van der Waals surface area contributed by atoms with E-state index in [2.05, 4.69) is 10.0 Å². The minimum Gasteiger partial charge on any atom is -0.497 e. The summed E-state index contributed by atoms with van der Waals surface area (Å²) in [4.78, 5) is 29.1. The number of carbonyl (C=O) groups is 2. The number of sulfonamides is 1. The maximum Gasteiger partial charge on any atom is 0.283 e. The first-order valence-corrected chi connectivity index (χ1v) is 14.1. The molecule has 1 heterocycles. The molecular weight excluding hydrogens is 534 g/mol. The van der Waals surface area contributed by atoms with Crippen LogP contribution in [0.5, 0.6) is 5.75 Å². The number of para-hydroxylation sites is 1. The Bertz CT molecular complexity index is 1660. The number of methoxy groups -OCH3 is 1. The largest absolute Gasteiger partial charge is 0.497 e. The van der Waals surface area contributed by atoms with E-state index in [-0.39, 0.29) is 15.5 Å². The standard InChI is InChI=1S/C29H23N3O5S2/c1-37-23-17-15-20(16-18-23)30-26-27(29(34)32(28(26)33)22-10-4-2-5-11-22)38-24-12-8-9-21(19-24)31-39(35,36)25-13-6-3-7-14-25/h2-19,30-31H,1H3. The molecule has 0 unspecified atom stereocenters. The van der Waals surface area contributed by atoms with Gasteiger partial charge in [-0.15, -0.1) is 0 Å². The minimum atomic E-state index is -3.80. The Morgan fingerprint density at radius 3 is 2.08 bits per heavy atom. The molecule has 0 radical (unpaired) electrons. The highest BCUT2D eigenvalue weighted by atomic mass is 32.2. The molecule has 2 N–H and O–H groups in total. The van der Waals surface area contributed by atoms with Gasteiger partial charge in [0, 0.05) is 16.3 Å². The zero-order chi connectivity index (χ0) is 27.4. The summed E-state index contributed by atoms with van der Waals surface area (Å²) in [5, 5.41) is 3.10. The third kappa shape index (κ3) is 5.66. The number of hydrogen-bond donors (Lipinski definition) is 2. The van der Waals surface area contributed by atoms with Gasteiger partial charge < -0.3 is 10.1 Å². The predicted molar refractivity (Wildman–Crippen MR) is 152 cm³/mol. The average Bonchev–Trinajstić information content (AvgIpc) is 3.18. The molecule has 4 aromatic carbocycles. The molecule has 4 aromatic rings. The molecule has 1 aliphatic heterocycles. The number of imide groups is 1. The number of carbonyl (C=O) groups excluding carboxylic acids is 2. The van der Waals surface area contributed by atoms with Gasteiger partial charge in [0.05, 0.1) is 17.7 Å². The van der Waals surface area contributed by atoms with Gasteiger partial charge in [0.15, 0.2) is 0 Å². The highest BCUT2D eigenvalue weighted by Crippen LogP contribution is 2.38. The third-order valence-corrected chi connectivity index (χ3v) is 8.24. The molecule has 0 bridgehead atoms. The topological polar surface area (TPSA) is 105 Å². The average molecular weight is 558 g/mol. The summed E-state index contributed by atoms with van der Waals surface area (Å²) < 4.78 is 33.4. The lowest BCUT2D eigenvalue weighted by Crippen LogP contribution is -2.32. The first-order chi connectivity index (χ1) is 18.9. The highest BCUT2D eigenvalue weighted by Gasteiger charge is 2.40. The van der Waals surface area contributed by atoms with E-state index in [1.165, 1.54) is 12.1 Å². The van der Waals surface area contributed by atoms with Crippen molar-refractivity contribution in [2.75, 3.05) is 22.0 Å². The summed E-state index contributed by atoms with van der Waals surface area (Å²) in [6.07, 6.45) is 0. The van der Waals surface area contributed by atoms with Gasteiger partial charge in [0.25, 0.3) is 21.8 Å². The van der Waals surface area contributed by atoms with Crippen LogP contribution in [0.1, 0.15) is 0 Å². The number of thioether (sulfide) groups is 1. The van der Waals surface area contributed by atoms with Gasteiger partial charge >= 0.3 is 0 Å². The fourth-order valence-corrected chi connectivity index (χ4v) is 5.96. The number of anilines is 3. The summed E-state index contributed by atoms with van der Waals surface area (Å²) in [5.74, 6) is -0.327. The van der Waals surface area contributed by atoms with E-state index in [1.807, 2.05) is 0 Å². The second kappa shape index (κ2) is 11.1. The van der Waals surface area contributed by atoms with Crippen LogP contribution in [-0.2, 0) is 19.6 Å². The molecule has 39 heavy (non-hydrogen) atoms. The Hall–Kier alpha value is -4.54. The number of nitrogens with one attached hydrogen (secondary N) is 2. The number of nitrogens with zero attached hydrogens (tertiary/aromatic N) is 1. The van der Waals surface area contributed by atoms with Crippen molar-refractivity contribution >= 4 is 50.7 Å². The van der Waals surface area contributed by atoms with Gasteiger partial charge in [-0.25, -0.2) is 13.3 Å². The van der Waals surface area contributed by atoms with Crippen LogP contribution in [0.15, 0.2) is 130 Å². The first kappa shape index (κ1) is 26.1. The lowest BCUT2D eigenvalue weighted by atomic mass is 10.2.